The third-order valence-corrected chi connectivity index (χ3v) is 4.57. The normalized spacial score (nSPS) is 11.1. The summed E-state index contributed by atoms with van der Waals surface area (Å²) in [5, 5.41) is 14.2. The Hall–Kier alpha value is -2.61. The quantitative estimate of drug-likeness (QED) is 0.609. The Bertz CT molecular complexity index is 849. The Morgan fingerprint density at radius 1 is 1.21 bits per heavy atom. The predicted molar refractivity (Wildman–Crippen MR) is 91.4 cm³/mol. The second-order valence-electron chi connectivity index (χ2n) is 5.21. The highest BCUT2D eigenvalue weighted by atomic mass is 32.2. The summed E-state index contributed by atoms with van der Waals surface area (Å²) in [6.45, 7) is 0.418. The van der Waals surface area contributed by atoms with E-state index in [9.17, 15) is 18.5 Å². The van der Waals surface area contributed by atoms with Gasteiger partial charge in [-0.3, -0.25) is 10.1 Å². The fraction of sp³-hybridized carbons (Fsp3) is 0.250. The molecule has 128 valence electrons. The highest BCUT2D eigenvalue weighted by Gasteiger charge is 2.25. The lowest BCUT2D eigenvalue weighted by atomic mass is 10.1. The van der Waals surface area contributed by atoms with Gasteiger partial charge in [-0.05, 0) is 36.2 Å². The summed E-state index contributed by atoms with van der Waals surface area (Å²) in [4.78, 5) is 10.3. The number of nitro benzene ring substituents is 1. The van der Waals surface area contributed by atoms with Gasteiger partial charge in [0.25, 0.3) is 0 Å². The number of hydrogen-bond acceptors (Lipinski definition) is 6. The highest BCUT2D eigenvalue weighted by Crippen LogP contribution is 2.31. The first kappa shape index (κ1) is 17.7. The molecule has 7 nitrogen and oxygen atoms in total. The molecular formula is C16H18N2O5S. The van der Waals surface area contributed by atoms with Crippen molar-refractivity contribution in [1.82, 2.24) is 0 Å². The molecule has 24 heavy (non-hydrogen) atoms. The fourth-order valence-electron chi connectivity index (χ4n) is 2.32. The molecule has 1 N–H and O–H groups in total. The summed E-state index contributed by atoms with van der Waals surface area (Å²) in [6.07, 6.45) is 1.56. The van der Waals surface area contributed by atoms with Gasteiger partial charge in [-0.25, -0.2) is 8.42 Å². The molecular weight excluding hydrogens is 332 g/mol. The van der Waals surface area contributed by atoms with Crippen LogP contribution in [0.25, 0.3) is 0 Å². The van der Waals surface area contributed by atoms with Crippen molar-refractivity contribution in [3.8, 4) is 5.75 Å². The molecule has 0 atom stereocenters. The van der Waals surface area contributed by atoms with Gasteiger partial charge in [0.1, 0.15) is 16.3 Å². The molecule has 0 aromatic heterocycles. The van der Waals surface area contributed by atoms with Crippen LogP contribution in [0.5, 0.6) is 5.75 Å². The van der Waals surface area contributed by atoms with Crippen LogP contribution in [0, 0.1) is 10.1 Å². The first-order valence-corrected chi connectivity index (χ1v) is 9.06. The van der Waals surface area contributed by atoms with Gasteiger partial charge in [0.2, 0.25) is 0 Å². The van der Waals surface area contributed by atoms with Gasteiger partial charge in [0.05, 0.1) is 12.0 Å². The lowest BCUT2D eigenvalue weighted by molar-refractivity contribution is -0.386. The number of para-hydroxylation sites is 1. The van der Waals surface area contributed by atoms with E-state index in [1.807, 2.05) is 24.3 Å². The van der Waals surface area contributed by atoms with E-state index in [1.165, 1.54) is 18.2 Å². The van der Waals surface area contributed by atoms with E-state index >= 15 is 0 Å². The Balaban J connectivity index is 2.19. The van der Waals surface area contributed by atoms with E-state index in [4.69, 9.17) is 4.74 Å². The van der Waals surface area contributed by atoms with Crippen molar-refractivity contribution in [3.05, 3.63) is 58.1 Å². The van der Waals surface area contributed by atoms with Crippen molar-refractivity contribution in [3.63, 3.8) is 0 Å². The van der Waals surface area contributed by atoms with Crippen molar-refractivity contribution >= 4 is 21.2 Å². The number of methoxy groups -OCH3 is 1. The van der Waals surface area contributed by atoms with Gasteiger partial charge in [0, 0.05) is 12.8 Å². The van der Waals surface area contributed by atoms with Gasteiger partial charge in [0.15, 0.2) is 9.84 Å². The molecule has 0 amide bonds. The van der Waals surface area contributed by atoms with Gasteiger partial charge >= 0.3 is 5.69 Å². The number of nitrogens with one attached hydrogen (secondary N) is 1. The van der Waals surface area contributed by atoms with Crippen LogP contribution in [0.3, 0.4) is 0 Å². The number of anilines is 1. The van der Waals surface area contributed by atoms with Gasteiger partial charge in [-0.15, -0.1) is 0 Å². The topological polar surface area (TPSA) is 98.5 Å². The summed E-state index contributed by atoms with van der Waals surface area (Å²) in [5.74, 6) is 0.734. The monoisotopic (exact) mass is 350 g/mol. The van der Waals surface area contributed by atoms with Gasteiger partial charge < -0.3 is 10.1 Å². The Morgan fingerprint density at radius 2 is 1.92 bits per heavy atom. The number of hydrogen-bond donors (Lipinski definition) is 1. The Labute approximate surface area is 140 Å². The maximum atomic E-state index is 11.7. The zero-order chi connectivity index (χ0) is 17.7. The maximum absolute atomic E-state index is 11.7. The lowest BCUT2D eigenvalue weighted by Crippen LogP contribution is -2.10. The number of ether oxygens (including phenoxy) is 1. The predicted octanol–water partition coefficient (Wildman–Crippen LogP) is 2.66. The second-order valence-corrected chi connectivity index (χ2v) is 7.19. The van der Waals surface area contributed by atoms with E-state index in [1.54, 1.807) is 7.11 Å². The average molecular weight is 350 g/mol. The van der Waals surface area contributed by atoms with E-state index in [0.29, 0.717) is 13.0 Å². The fourth-order valence-corrected chi connectivity index (χ4v) is 3.18. The maximum Gasteiger partial charge on any atom is 0.310 e. The van der Waals surface area contributed by atoms with Crippen molar-refractivity contribution in [2.75, 3.05) is 25.2 Å². The molecule has 0 bridgehead atoms. The van der Waals surface area contributed by atoms with Crippen molar-refractivity contribution in [1.29, 1.82) is 0 Å². The molecule has 0 unspecified atom stereocenters. The molecule has 0 aliphatic rings. The number of sulfone groups is 1. The van der Waals surface area contributed by atoms with Crippen LogP contribution in [0.1, 0.15) is 5.56 Å². The molecule has 2 aromatic carbocycles. The van der Waals surface area contributed by atoms with Crippen LogP contribution in [0.2, 0.25) is 0 Å². The van der Waals surface area contributed by atoms with Gasteiger partial charge in [-0.2, -0.15) is 0 Å². The molecule has 0 saturated carbocycles. The third-order valence-electron chi connectivity index (χ3n) is 3.44. The van der Waals surface area contributed by atoms with Crippen LogP contribution in [0.4, 0.5) is 11.4 Å². The summed E-state index contributed by atoms with van der Waals surface area (Å²) >= 11 is 0. The second kappa shape index (κ2) is 7.31. The molecule has 0 fully saturated rings. The summed E-state index contributed by atoms with van der Waals surface area (Å²) in [5.41, 5.74) is 0.764. The minimum Gasteiger partial charge on any atom is -0.497 e. The van der Waals surface area contributed by atoms with Crippen LogP contribution in [-0.2, 0) is 16.3 Å². The van der Waals surface area contributed by atoms with Crippen LogP contribution in [-0.4, -0.2) is 33.3 Å². The molecule has 8 heteroatoms. The standard InChI is InChI=1S/C16H18N2O5S/c1-23-13-6-3-5-12(11-13)9-10-17-14-7-4-8-15(24(2,21)22)16(14)18(19)20/h3-8,11,17H,9-10H2,1-2H3. The number of nitrogens with zero attached hydrogens (tertiary/aromatic N) is 1. The zero-order valence-electron chi connectivity index (χ0n) is 13.4. The minimum absolute atomic E-state index is 0.186. The molecule has 0 radical (unpaired) electrons. The number of rotatable bonds is 7. The smallest absolute Gasteiger partial charge is 0.310 e. The Kier molecular flexibility index (Phi) is 5.40. The van der Waals surface area contributed by atoms with Crippen molar-refractivity contribution in [2.24, 2.45) is 0 Å². The van der Waals surface area contributed by atoms with Crippen molar-refractivity contribution < 1.29 is 18.1 Å². The van der Waals surface area contributed by atoms with Crippen LogP contribution in [0.15, 0.2) is 47.4 Å². The zero-order valence-corrected chi connectivity index (χ0v) is 14.2. The van der Waals surface area contributed by atoms with E-state index in [2.05, 4.69) is 5.32 Å². The van der Waals surface area contributed by atoms with Crippen LogP contribution < -0.4 is 10.1 Å². The molecule has 0 saturated heterocycles. The summed E-state index contributed by atoms with van der Waals surface area (Å²) < 4.78 is 28.6. The highest BCUT2D eigenvalue weighted by molar-refractivity contribution is 7.90. The molecule has 0 aliphatic heterocycles. The molecule has 0 heterocycles. The molecule has 0 aliphatic carbocycles. The largest absolute Gasteiger partial charge is 0.497 e. The number of nitro groups is 1. The SMILES string of the molecule is COc1cccc(CCNc2cccc(S(C)(=O)=O)c2[N+](=O)[O-])c1. The third kappa shape index (κ3) is 4.23. The average Bonchev–Trinajstić information content (AvgIpc) is 2.54. The van der Waals surface area contributed by atoms with Crippen LogP contribution >= 0.6 is 0 Å². The van der Waals surface area contributed by atoms with E-state index in [-0.39, 0.29) is 10.6 Å². The number of benzene rings is 2. The van der Waals surface area contributed by atoms with Gasteiger partial charge in [-0.1, -0.05) is 18.2 Å². The van der Waals surface area contributed by atoms with E-state index < -0.39 is 20.4 Å². The van der Waals surface area contributed by atoms with Crippen molar-refractivity contribution in [2.45, 2.75) is 11.3 Å². The van der Waals surface area contributed by atoms with E-state index in [0.717, 1.165) is 17.6 Å². The first-order chi connectivity index (χ1) is 11.3. The Morgan fingerprint density at radius 3 is 2.54 bits per heavy atom. The molecule has 2 rings (SSSR count). The first-order valence-electron chi connectivity index (χ1n) is 7.17. The lowest BCUT2D eigenvalue weighted by Gasteiger charge is -2.10. The molecule has 2 aromatic rings. The summed E-state index contributed by atoms with van der Waals surface area (Å²) in [6, 6.07) is 11.7. The summed E-state index contributed by atoms with van der Waals surface area (Å²) in [7, 11) is -2.10. The molecule has 0 spiro atoms. The minimum atomic E-state index is -3.69.